The van der Waals surface area contributed by atoms with Crippen LogP contribution in [-0.4, -0.2) is 28.9 Å². The summed E-state index contributed by atoms with van der Waals surface area (Å²) in [6.07, 6.45) is -14.3. The fourth-order valence-corrected chi connectivity index (χ4v) is 1.91. The zero-order valence-electron chi connectivity index (χ0n) is 12.9. The summed E-state index contributed by atoms with van der Waals surface area (Å²) in [6, 6.07) is 0. The van der Waals surface area contributed by atoms with Crippen LogP contribution in [0.2, 0.25) is 0 Å². The van der Waals surface area contributed by atoms with E-state index < -0.39 is 58.1 Å². The summed E-state index contributed by atoms with van der Waals surface area (Å²) >= 11 is 4.88. The molecule has 0 saturated carbocycles. The molecule has 0 aliphatic rings. The first kappa shape index (κ1) is 22.1. The van der Waals surface area contributed by atoms with Crippen molar-refractivity contribution in [1.29, 1.82) is 0 Å². The van der Waals surface area contributed by atoms with Gasteiger partial charge in [-0.1, -0.05) is 11.6 Å². The molecule has 0 aliphatic heterocycles. The fraction of sp³-hybridized carbons (Fsp3) is 0.462. The van der Waals surface area contributed by atoms with Crippen molar-refractivity contribution in [2.75, 3.05) is 6.61 Å². The number of nitrogens with zero attached hydrogens (tertiary/aromatic N) is 2. The van der Waals surface area contributed by atoms with Gasteiger partial charge in [0.05, 0.1) is 17.9 Å². The lowest BCUT2D eigenvalue weighted by Gasteiger charge is -2.18. The molecule has 1 aromatic rings. The Kier molecular flexibility index (Phi) is 6.55. The van der Waals surface area contributed by atoms with Crippen molar-refractivity contribution in [3.05, 3.63) is 22.5 Å². The Bertz CT molecular complexity index is 728. The number of carbonyl (C=O) groups is 1. The number of carbonyl (C=O) groups excluding carboxylic acids is 1. The first-order valence-corrected chi connectivity index (χ1v) is 6.97. The average Bonchev–Trinajstić information content (AvgIpc) is 2.46. The van der Waals surface area contributed by atoms with Crippen LogP contribution >= 0.6 is 11.6 Å². The van der Waals surface area contributed by atoms with E-state index in [1.807, 2.05) is 0 Å². The second-order valence-corrected chi connectivity index (χ2v) is 4.97. The predicted octanol–water partition coefficient (Wildman–Crippen LogP) is 5.35. The maximum atomic E-state index is 13.1. The minimum absolute atomic E-state index is 0.381. The van der Waals surface area contributed by atoms with E-state index in [2.05, 4.69) is 14.7 Å². The molecule has 1 heterocycles. The molecule has 0 unspecified atom stereocenters. The Labute approximate surface area is 145 Å². The summed E-state index contributed by atoms with van der Waals surface area (Å²) in [5.41, 5.74) is -7.27. The summed E-state index contributed by atoms with van der Waals surface area (Å²) in [6.45, 7) is 1.57. The van der Waals surface area contributed by atoms with E-state index in [0.29, 0.717) is 6.92 Å². The van der Waals surface area contributed by atoms with Crippen molar-refractivity contribution in [2.24, 2.45) is 4.99 Å². The number of alkyl halides is 8. The van der Waals surface area contributed by atoms with Gasteiger partial charge in [-0.3, -0.25) is 0 Å². The summed E-state index contributed by atoms with van der Waals surface area (Å²) in [5, 5.41) is -2.13. The van der Waals surface area contributed by atoms with Gasteiger partial charge >= 0.3 is 18.3 Å². The molecule has 0 fully saturated rings. The monoisotopic (exact) mass is 412 g/mol. The van der Waals surface area contributed by atoms with Gasteiger partial charge in [-0.15, -0.1) is 0 Å². The third kappa shape index (κ3) is 4.80. The van der Waals surface area contributed by atoms with Crippen LogP contribution in [0.4, 0.5) is 40.8 Å². The van der Waals surface area contributed by atoms with Gasteiger partial charge in [0, 0.05) is 0 Å². The summed E-state index contributed by atoms with van der Waals surface area (Å²) in [4.78, 5) is 17.1. The standard InChI is InChI=1S/C13H9ClF8N2O2/c1-3-26-10(25)5-4(2)6(24-11(14)13(20,21)22)7(9(15)16)23-8(5)12(17,18)19/h9H,3H2,1-2H3. The van der Waals surface area contributed by atoms with Crippen molar-refractivity contribution < 1.29 is 44.7 Å². The summed E-state index contributed by atoms with van der Waals surface area (Å²) in [5.74, 6) is -1.61. The topological polar surface area (TPSA) is 51.5 Å². The second-order valence-electron chi connectivity index (χ2n) is 4.61. The smallest absolute Gasteiger partial charge is 0.444 e. The maximum absolute atomic E-state index is 13.1. The molecule has 0 amide bonds. The predicted molar refractivity (Wildman–Crippen MR) is 73.9 cm³/mol. The van der Waals surface area contributed by atoms with E-state index in [1.54, 1.807) is 0 Å². The number of ether oxygens (including phenoxy) is 1. The lowest BCUT2D eigenvalue weighted by atomic mass is 10.0. The zero-order valence-corrected chi connectivity index (χ0v) is 13.7. The minimum Gasteiger partial charge on any atom is -0.462 e. The van der Waals surface area contributed by atoms with Gasteiger partial charge in [-0.2, -0.15) is 26.3 Å². The van der Waals surface area contributed by atoms with Gasteiger partial charge in [0.1, 0.15) is 5.69 Å². The van der Waals surface area contributed by atoms with E-state index in [0.717, 1.165) is 0 Å². The van der Waals surface area contributed by atoms with Crippen LogP contribution in [0.3, 0.4) is 0 Å². The number of rotatable bonds is 4. The second kappa shape index (κ2) is 7.72. The summed E-state index contributed by atoms with van der Waals surface area (Å²) < 4.78 is 107. The highest BCUT2D eigenvalue weighted by atomic mass is 35.5. The van der Waals surface area contributed by atoms with Gasteiger partial charge in [-0.25, -0.2) is 23.6 Å². The molecule has 1 rings (SSSR count). The lowest BCUT2D eigenvalue weighted by molar-refractivity contribution is -0.142. The molecule has 26 heavy (non-hydrogen) atoms. The quantitative estimate of drug-likeness (QED) is 0.380. The molecule has 0 aliphatic carbocycles. The van der Waals surface area contributed by atoms with E-state index >= 15 is 0 Å². The molecule has 0 aromatic carbocycles. The van der Waals surface area contributed by atoms with Gasteiger partial charge in [0.2, 0.25) is 5.17 Å². The minimum atomic E-state index is -5.35. The number of aromatic nitrogens is 1. The first-order valence-electron chi connectivity index (χ1n) is 6.60. The van der Waals surface area contributed by atoms with E-state index in [-0.39, 0.29) is 6.61 Å². The van der Waals surface area contributed by atoms with Crippen molar-refractivity contribution >= 4 is 28.4 Å². The highest BCUT2D eigenvalue weighted by Gasteiger charge is 2.42. The highest BCUT2D eigenvalue weighted by molar-refractivity contribution is 6.67. The van der Waals surface area contributed by atoms with Gasteiger partial charge in [-0.05, 0) is 19.4 Å². The van der Waals surface area contributed by atoms with Crippen molar-refractivity contribution in [2.45, 2.75) is 32.6 Å². The van der Waals surface area contributed by atoms with Crippen LogP contribution in [0.25, 0.3) is 0 Å². The summed E-state index contributed by atoms with van der Waals surface area (Å²) in [7, 11) is 0. The number of esters is 1. The lowest BCUT2D eigenvalue weighted by Crippen LogP contribution is -2.21. The molecule has 0 spiro atoms. The van der Waals surface area contributed by atoms with Crippen LogP contribution in [-0.2, 0) is 10.9 Å². The Hall–Kier alpha value is -1.98. The maximum Gasteiger partial charge on any atom is 0.444 e. The molecule has 146 valence electrons. The zero-order chi connectivity index (χ0) is 20.4. The van der Waals surface area contributed by atoms with Crippen molar-refractivity contribution in [3.63, 3.8) is 0 Å². The van der Waals surface area contributed by atoms with Crippen LogP contribution < -0.4 is 0 Å². The number of aliphatic imine (C=N–C) groups is 1. The number of hydrogen-bond donors (Lipinski definition) is 0. The molecule has 0 atom stereocenters. The van der Waals surface area contributed by atoms with Crippen LogP contribution in [0.15, 0.2) is 4.99 Å². The normalized spacial score (nSPS) is 13.3. The SMILES string of the molecule is CCOC(=O)c1c(C(F)(F)F)nc(C(F)F)c(N=C(Cl)C(F)(F)F)c1C. The Morgan fingerprint density at radius 2 is 1.77 bits per heavy atom. The van der Waals surface area contributed by atoms with Crippen LogP contribution in [0.5, 0.6) is 0 Å². The molecular weight excluding hydrogens is 404 g/mol. The Morgan fingerprint density at radius 1 is 1.23 bits per heavy atom. The number of halogens is 9. The molecule has 4 nitrogen and oxygen atoms in total. The van der Waals surface area contributed by atoms with Crippen molar-refractivity contribution in [3.8, 4) is 0 Å². The largest absolute Gasteiger partial charge is 0.462 e. The molecule has 1 aromatic heterocycles. The van der Waals surface area contributed by atoms with E-state index in [9.17, 15) is 39.9 Å². The van der Waals surface area contributed by atoms with E-state index in [4.69, 9.17) is 11.6 Å². The fourth-order valence-electron chi connectivity index (χ4n) is 1.83. The molecule has 0 radical (unpaired) electrons. The van der Waals surface area contributed by atoms with Crippen molar-refractivity contribution in [1.82, 2.24) is 4.98 Å². The third-order valence-corrected chi connectivity index (χ3v) is 3.14. The molecule has 0 N–H and O–H groups in total. The third-order valence-electron chi connectivity index (χ3n) is 2.84. The molecule has 0 saturated heterocycles. The highest BCUT2D eigenvalue weighted by Crippen LogP contribution is 2.40. The van der Waals surface area contributed by atoms with Gasteiger partial charge in [0.15, 0.2) is 5.69 Å². The van der Waals surface area contributed by atoms with Gasteiger partial charge < -0.3 is 4.74 Å². The Balaban J connectivity index is 3.91. The Morgan fingerprint density at radius 3 is 2.15 bits per heavy atom. The van der Waals surface area contributed by atoms with Crippen LogP contribution in [0, 0.1) is 6.92 Å². The van der Waals surface area contributed by atoms with Gasteiger partial charge in [0.25, 0.3) is 6.43 Å². The average molecular weight is 413 g/mol. The molecule has 0 bridgehead atoms. The first-order chi connectivity index (χ1) is 11.7. The van der Waals surface area contributed by atoms with Crippen LogP contribution in [0.1, 0.15) is 40.7 Å². The molecule has 13 heteroatoms. The number of pyridine rings is 1. The number of hydrogen-bond acceptors (Lipinski definition) is 4. The van der Waals surface area contributed by atoms with E-state index in [1.165, 1.54) is 6.92 Å². The molecular formula is C13H9ClF8N2O2.